The molecule has 1 aromatic heterocycles. The third-order valence-electron chi connectivity index (χ3n) is 6.89. The molecule has 2 unspecified atom stereocenters. The van der Waals surface area contributed by atoms with E-state index in [2.05, 4.69) is 16.5 Å². The molecule has 1 aromatic rings. The third-order valence-corrected chi connectivity index (χ3v) is 7.50. The van der Waals surface area contributed by atoms with Crippen LogP contribution in [0, 0.1) is 0 Å². The van der Waals surface area contributed by atoms with Crippen molar-refractivity contribution in [3.8, 4) is 0 Å². The van der Waals surface area contributed by atoms with Gasteiger partial charge < -0.3 is 16.0 Å². The molecule has 5 nitrogen and oxygen atoms in total. The van der Waals surface area contributed by atoms with Gasteiger partial charge in [-0.05, 0) is 64.0 Å². The molecular weight excluding hydrogens is 366 g/mol. The summed E-state index contributed by atoms with van der Waals surface area (Å²) in [6, 6.07) is 0.290. The second-order valence-corrected chi connectivity index (χ2v) is 9.82. The average molecular weight is 404 g/mol. The first-order valence-electron chi connectivity index (χ1n) is 11.4. The number of anilines is 1. The fraction of sp³-hybridized carbons (Fsp3) is 0.818. The van der Waals surface area contributed by atoms with Crippen LogP contribution in [-0.2, 0) is 18.4 Å². The molecule has 2 aliphatic carbocycles. The largest absolute Gasteiger partial charge is 0.356 e. The quantitative estimate of drug-likeness (QED) is 0.710. The first kappa shape index (κ1) is 20.4. The topological polar surface area (TPSA) is 67.1 Å². The molecule has 0 radical (unpaired) electrons. The summed E-state index contributed by atoms with van der Waals surface area (Å²) in [5, 5.41) is 3.72. The summed E-state index contributed by atoms with van der Waals surface area (Å²) in [5.74, 6) is 3.25. The van der Waals surface area contributed by atoms with Gasteiger partial charge in [0, 0.05) is 42.7 Å². The second kappa shape index (κ2) is 9.31. The van der Waals surface area contributed by atoms with Gasteiger partial charge in [-0.25, -0.2) is 9.97 Å². The van der Waals surface area contributed by atoms with E-state index in [1.165, 1.54) is 55.6 Å². The monoisotopic (exact) mass is 403 g/mol. The molecule has 0 aromatic carbocycles. The molecule has 2 atom stereocenters. The van der Waals surface area contributed by atoms with E-state index in [1.54, 1.807) is 0 Å². The Morgan fingerprint density at radius 2 is 1.86 bits per heavy atom. The summed E-state index contributed by atoms with van der Waals surface area (Å²) in [6.07, 6.45) is 15.4. The SMILES string of the molecule is CSCCNC1CCCC1(N)c1nc2c(c(N3CCCCCC3)n1)CCCC2. The highest BCUT2D eigenvalue weighted by Crippen LogP contribution is 2.38. The molecule has 4 rings (SSSR count). The molecule has 1 aliphatic heterocycles. The Kier molecular flexibility index (Phi) is 6.79. The fourth-order valence-electron chi connectivity index (χ4n) is 5.24. The van der Waals surface area contributed by atoms with Gasteiger partial charge in [0.05, 0.1) is 5.54 Å². The van der Waals surface area contributed by atoms with Crippen LogP contribution in [0.5, 0.6) is 0 Å². The van der Waals surface area contributed by atoms with Gasteiger partial charge in [-0.15, -0.1) is 0 Å². The predicted octanol–water partition coefficient (Wildman–Crippen LogP) is 3.39. The maximum absolute atomic E-state index is 7.06. The van der Waals surface area contributed by atoms with Gasteiger partial charge in [-0.1, -0.05) is 12.8 Å². The molecule has 1 saturated carbocycles. The lowest BCUT2D eigenvalue weighted by atomic mass is 9.91. The Balaban J connectivity index is 1.67. The van der Waals surface area contributed by atoms with Gasteiger partial charge in [-0.3, -0.25) is 0 Å². The zero-order valence-electron chi connectivity index (χ0n) is 17.5. The Labute approximate surface area is 174 Å². The molecule has 6 heteroatoms. The number of thioether (sulfide) groups is 1. The Hall–Kier alpha value is -0.850. The minimum atomic E-state index is -0.425. The molecular formula is C22H37N5S. The van der Waals surface area contributed by atoms with E-state index in [-0.39, 0.29) is 0 Å². The van der Waals surface area contributed by atoms with Crippen LogP contribution in [0.4, 0.5) is 5.82 Å². The van der Waals surface area contributed by atoms with Gasteiger partial charge in [0.15, 0.2) is 5.82 Å². The highest BCUT2D eigenvalue weighted by molar-refractivity contribution is 7.98. The van der Waals surface area contributed by atoms with E-state index < -0.39 is 5.54 Å². The van der Waals surface area contributed by atoms with Crippen LogP contribution in [0.3, 0.4) is 0 Å². The predicted molar refractivity (Wildman–Crippen MR) is 119 cm³/mol. The first-order valence-corrected chi connectivity index (χ1v) is 12.8. The lowest BCUT2D eigenvalue weighted by molar-refractivity contribution is 0.330. The van der Waals surface area contributed by atoms with E-state index in [1.807, 2.05) is 11.8 Å². The number of hydrogen-bond donors (Lipinski definition) is 2. The van der Waals surface area contributed by atoms with Crippen LogP contribution in [0.2, 0.25) is 0 Å². The summed E-state index contributed by atoms with van der Waals surface area (Å²) < 4.78 is 0. The van der Waals surface area contributed by atoms with E-state index in [0.717, 1.165) is 63.3 Å². The van der Waals surface area contributed by atoms with E-state index in [4.69, 9.17) is 15.7 Å². The Bertz CT molecular complexity index is 659. The van der Waals surface area contributed by atoms with Gasteiger partial charge in [-0.2, -0.15) is 11.8 Å². The van der Waals surface area contributed by atoms with Crippen molar-refractivity contribution in [1.82, 2.24) is 15.3 Å². The molecule has 2 heterocycles. The van der Waals surface area contributed by atoms with Crippen molar-refractivity contribution >= 4 is 17.6 Å². The minimum absolute atomic E-state index is 0.290. The molecule has 0 spiro atoms. The number of nitrogens with zero attached hydrogens (tertiary/aromatic N) is 3. The average Bonchev–Trinajstić information content (AvgIpc) is 2.93. The number of rotatable bonds is 6. The number of hydrogen-bond acceptors (Lipinski definition) is 6. The van der Waals surface area contributed by atoms with Gasteiger partial charge in [0.2, 0.25) is 0 Å². The van der Waals surface area contributed by atoms with Crippen LogP contribution in [-0.4, -0.2) is 47.7 Å². The molecule has 3 N–H and O–H groups in total. The zero-order chi connectivity index (χ0) is 19.4. The molecule has 3 aliphatic rings. The smallest absolute Gasteiger partial charge is 0.152 e. The van der Waals surface area contributed by atoms with Crippen LogP contribution in [0.25, 0.3) is 0 Å². The fourth-order valence-corrected chi connectivity index (χ4v) is 5.57. The lowest BCUT2D eigenvalue weighted by Crippen LogP contribution is -2.53. The number of aryl methyl sites for hydroxylation is 1. The number of nitrogens with two attached hydrogens (primary N) is 1. The molecule has 1 saturated heterocycles. The van der Waals surface area contributed by atoms with Gasteiger partial charge in [0.1, 0.15) is 5.82 Å². The molecule has 156 valence electrons. The van der Waals surface area contributed by atoms with Crippen molar-refractivity contribution in [3.05, 3.63) is 17.1 Å². The maximum Gasteiger partial charge on any atom is 0.152 e. The zero-order valence-corrected chi connectivity index (χ0v) is 18.3. The maximum atomic E-state index is 7.06. The van der Waals surface area contributed by atoms with Crippen molar-refractivity contribution in [2.45, 2.75) is 82.2 Å². The molecule has 0 amide bonds. The third kappa shape index (κ3) is 4.19. The summed E-state index contributed by atoms with van der Waals surface area (Å²) in [5.41, 5.74) is 9.34. The normalized spacial score (nSPS) is 28.2. The van der Waals surface area contributed by atoms with Crippen LogP contribution in [0.1, 0.15) is 74.9 Å². The highest BCUT2D eigenvalue weighted by atomic mass is 32.2. The Morgan fingerprint density at radius 3 is 2.64 bits per heavy atom. The highest BCUT2D eigenvalue weighted by Gasteiger charge is 2.44. The first-order chi connectivity index (χ1) is 13.7. The molecule has 2 fully saturated rings. The van der Waals surface area contributed by atoms with E-state index in [9.17, 15) is 0 Å². The van der Waals surface area contributed by atoms with Crippen molar-refractivity contribution in [3.63, 3.8) is 0 Å². The molecule has 0 bridgehead atoms. The van der Waals surface area contributed by atoms with Crippen molar-refractivity contribution < 1.29 is 0 Å². The standard InChI is InChI=1S/C22H37N5S/c1-28-16-13-24-19-11-8-12-22(19,23)21-25-18-10-5-4-9-17(18)20(26-21)27-14-6-2-3-7-15-27/h19,24H,2-16,23H2,1H3. The van der Waals surface area contributed by atoms with Crippen LogP contribution >= 0.6 is 11.8 Å². The molecule has 28 heavy (non-hydrogen) atoms. The number of nitrogens with one attached hydrogen (secondary N) is 1. The summed E-state index contributed by atoms with van der Waals surface area (Å²) in [6.45, 7) is 3.28. The summed E-state index contributed by atoms with van der Waals surface area (Å²) >= 11 is 1.88. The lowest BCUT2D eigenvalue weighted by Gasteiger charge is -2.34. The minimum Gasteiger partial charge on any atom is -0.356 e. The van der Waals surface area contributed by atoms with E-state index >= 15 is 0 Å². The summed E-state index contributed by atoms with van der Waals surface area (Å²) in [7, 11) is 0. The second-order valence-electron chi connectivity index (χ2n) is 8.84. The number of aromatic nitrogens is 2. The van der Waals surface area contributed by atoms with Crippen molar-refractivity contribution in [1.29, 1.82) is 0 Å². The van der Waals surface area contributed by atoms with Crippen LogP contribution in [0.15, 0.2) is 0 Å². The van der Waals surface area contributed by atoms with Crippen molar-refractivity contribution in [2.75, 3.05) is 36.5 Å². The Morgan fingerprint density at radius 1 is 1.07 bits per heavy atom. The van der Waals surface area contributed by atoms with Gasteiger partial charge in [0.25, 0.3) is 0 Å². The van der Waals surface area contributed by atoms with Crippen LogP contribution < -0.4 is 16.0 Å². The van der Waals surface area contributed by atoms with E-state index in [0.29, 0.717) is 6.04 Å². The number of fused-ring (bicyclic) bond motifs is 1. The van der Waals surface area contributed by atoms with Gasteiger partial charge >= 0.3 is 0 Å². The van der Waals surface area contributed by atoms with Crippen molar-refractivity contribution in [2.24, 2.45) is 5.73 Å². The summed E-state index contributed by atoms with van der Waals surface area (Å²) in [4.78, 5) is 12.9.